The minimum absolute atomic E-state index is 0.758. The molecule has 3 rings (SSSR count). The number of hydrogen-bond acceptors (Lipinski definition) is 2. The van der Waals surface area contributed by atoms with E-state index in [1.54, 1.807) is 14.2 Å². The average Bonchev–Trinajstić information content (AvgIpc) is 2.45. The number of ether oxygens (including phenoxy) is 2. The fourth-order valence-corrected chi connectivity index (χ4v) is 2.42. The highest BCUT2D eigenvalue weighted by Crippen LogP contribution is 2.35. The Morgan fingerprint density at radius 3 is 2.26 bits per heavy atom. The number of rotatable bonds is 2. The van der Waals surface area contributed by atoms with Gasteiger partial charge in [0.05, 0.1) is 19.6 Å². The van der Waals surface area contributed by atoms with Crippen molar-refractivity contribution >= 4 is 21.5 Å². The van der Waals surface area contributed by atoms with E-state index in [4.69, 9.17) is 9.47 Å². The molecular weight excluding hydrogens is 238 g/mol. The van der Waals surface area contributed by atoms with Crippen LogP contribution in [-0.2, 0) is 7.05 Å². The van der Waals surface area contributed by atoms with Crippen LogP contribution < -0.4 is 14.0 Å². The molecular formula is C16H16NO2+. The Morgan fingerprint density at radius 2 is 1.53 bits per heavy atom. The molecule has 2 aromatic carbocycles. The molecule has 0 atom stereocenters. The van der Waals surface area contributed by atoms with E-state index in [2.05, 4.69) is 35.2 Å². The van der Waals surface area contributed by atoms with Gasteiger partial charge in [0, 0.05) is 6.07 Å². The van der Waals surface area contributed by atoms with Crippen LogP contribution in [0, 0.1) is 0 Å². The number of hydrogen-bond donors (Lipinski definition) is 0. The zero-order chi connectivity index (χ0) is 13.4. The minimum atomic E-state index is 0.758. The second kappa shape index (κ2) is 4.43. The molecule has 0 radical (unpaired) electrons. The van der Waals surface area contributed by atoms with Gasteiger partial charge in [-0.3, -0.25) is 0 Å². The van der Waals surface area contributed by atoms with Crippen molar-refractivity contribution in [1.82, 2.24) is 0 Å². The molecule has 3 nitrogen and oxygen atoms in total. The fourth-order valence-electron chi connectivity index (χ4n) is 2.42. The van der Waals surface area contributed by atoms with Gasteiger partial charge < -0.3 is 9.47 Å². The van der Waals surface area contributed by atoms with Crippen molar-refractivity contribution in [2.75, 3.05) is 14.2 Å². The van der Waals surface area contributed by atoms with Crippen molar-refractivity contribution in [3.8, 4) is 11.5 Å². The Labute approximate surface area is 112 Å². The Bertz CT molecular complexity index is 765. The fraction of sp³-hybridized carbons (Fsp3) is 0.188. The van der Waals surface area contributed by atoms with Gasteiger partial charge in [0.1, 0.15) is 7.05 Å². The maximum absolute atomic E-state index is 5.39. The summed E-state index contributed by atoms with van der Waals surface area (Å²) in [6, 6.07) is 10.4. The van der Waals surface area contributed by atoms with Crippen molar-refractivity contribution in [3.05, 3.63) is 42.7 Å². The highest BCUT2D eigenvalue weighted by Gasteiger charge is 2.10. The second-order valence-electron chi connectivity index (χ2n) is 4.61. The third-order valence-corrected chi connectivity index (χ3v) is 3.42. The summed E-state index contributed by atoms with van der Waals surface area (Å²) in [6.45, 7) is 0. The number of nitrogens with zero attached hydrogens (tertiary/aromatic N) is 1. The average molecular weight is 254 g/mol. The molecule has 0 saturated heterocycles. The number of benzene rings is 2. The molecule has 0 aliphatic carbocycles. The van der Waals surface area contributed by atoms with Gasteiger partial charge in [-0.15, -0.1) is 0 Å². The zero-order valence-corrected chi connectivity index (χ0v) is 11.3. The van der Waals surface area contributed by atoms with Crippen LogP contribution in [0.3, 0.4) is 0 Å². The standard InChI is InChI=1S/C16H16NO2/c1-17-7-6-11-4-5-12-8-15(18-2)16(19-3)9-13(12)14(11)10-17/h4-10H,1-3H3/q+1. The Hall–Kier alpha value is -2.29. The molecule has 0 aliphatic rings. The number of aryl methyl sites for hydroxylation is 1. The third-order valence-electron chi connectivity index (χ3n) is 3.42. The lowest BCUT2D eigenvalue weighted by Gasteiger charge is -2.10. The van der Waals surface area contributed by atoms with Crippen LogP contribution in [0.25, 0.3) is 21.5 Å². The van der Waals surface area contributed by atoms with E-state index < -0.39 is 0 Å². The minimum Gasteiger partial charge on any atom is -0.493 e. The Balaban J connectivity index is 2.43. The molecule has 1 heterocycles. The highest BCUT2D eigenvalue weighted by atomic mass is 16.5. The van der Waals surface area contributed by atoms with E-state index in [9.17, 15) is 0 Å². The quantitative estimate of drug-likeness (QED) is 0.518. The van der Waals surface area contributed by atoms with Crippen molar-refractivity contribution in [1.29, 1.82) is 0 Å². The van der Waals surface area contributed by atoms with Crippen LogP contribution in [0.5, 0.6) is 11.5 Å². The first kappa shape index (κ1) is 11.8. The molecule has 3 aromatic rings. The molecule has 0 spiro atoms. The molecule has 0 amide bonds. The van der Waals surface area contributed by atoms with E-state index in [0.717, 1.165) is 16.9 Å². The monoisotopic (exact) mass is 254 g/mol. The van der Waals surface area contributed by atoms with Crippen molar-refractivity contribution in [3.63, 3.8) is 0 Å². The topological polar surface area (TPSA) is 22.3 Å². The lowest BCUT2D eigenvalue weighted by atomic mass is 10.0. The van der Waals surface area contributed by atoms with Gasteiger partial charge in [-0.05, 0) is 28.3 Å². The molecule has 0 saturated carbocycles. The lowest BCUT2D eigenvalue weighted by Crippen LogP contribution is -2.25. The van der Waals surface area contributed by atoms with Gasteiger partial charge in [0.2, 0.25) is 0 Å². The smallest absolute Gasteiger partial charge is 0.177 e. The number of pyridine rings is 1. The summed E-state index contributed by atoms with van der Waals surface area (Å²) in [7, 11) is 5.35. The first-order valence-electron chi connectivity index (χ1n) is 6.16. The van der Waals surface area contributed by atoms with Gasteiger partial charge in [-0.2, -0.15) is 0 Å². The first-order chi connectivity index (χ1) is 9.22. The number of fused-ring (bicyclic) bond motifs is 3. The van der Waals surface area contributed by atoms with Gasteiger partial charge in [0.25, 0.3) is 0 Å². The summed E-state index contributed by atoms with van der Waals surface area (Å²) in [4.78, 5) is 0. The lowest BCUT2D eigenvalue weighted by molar-refractivity contribution is -0.670. The molecule has 0 aliphatic heterocycles. The normalized spacial score (nSPS) is 10.9. The summed E-state index contributed by atoms with van der Waals surface area (Å²) in [5.41, 5.74) is 0. The van der Waals surface area contributed by atoms with Crippen LogP contribution in [0.4, 0.5) is 0 Å². The third kappa shape index (κ3) is 1.87. The van der Waals surface area contributed by atoms with Gasteiger partial charge in [-0.25, -0.2) is 4.57 Å². The van der Waals surface area contributed by atoms with Gasteiger partial charge >= 0.3 is 0 Å². The maximum atomic E-state index is 5.39. The van der Waals surface area contributed by atoms with Crippen molar-refractivity contribution < 1.29 is 14.0 Å². The SMILES string of the molecule is COc1cc2ccc3cc[n+](C)cc3c2cc1OC. The van der Waals surface area contributed by atoms with E-state index in [1.165, 1.54) is 16.2 Å². The van der Waals surface area contributed by atoms with E-state index in [1.807, 2.05) is 19.2 Å². The summed E-state index contributed by atoms with van der Waals surface area (Å²) >= 11 is 0. The molecule has 0 unspecified atom stereocenters. The molecule has 96 valence electrons. The predicted molar refractivity (Wildman–Crippen MR) is 75.7 cm³/mol. The Morgan fingerprint density at radius 1 is 0.842 bits per heavy atom. The van der Waals surface area contributed by atoms with E-state index in [-0.39, 0.29) is 0 Å². The van der Waals surface area contributed by atoms with E-state index in [0.29, 0.717) is 0 Å². The second-order valence-corrected chi connectivity index (χ2v) is 4.61. The maximum Gasteiger partial charge on any atom is 0.177 e. The van der Waals surface area contributed by atoms with Crippen LogP contribution in [0.1, 0.15) is 0 Å². The van der Waals surface area contributed by atoms with Crippen LogP contribution in [0.15, 0.2) is 42.7 Å². The highest BCUT2D eigenvalue weighted by molar-refractivity contribution is 6.07. The molecule has 1 aromatic heterocycles. The molecule has 3 heteroatoms. The van der Waals surface area contributed by atoms with Crippen molar-refractivity contribution in [2.45, 2.75) is 0 Å². The summed E-state index contributed by atoms with van der Waals surface area (Å²) in [6.07, 6.45) is 4.18. The molecule has 0 bridgehead atoms. The molecule has 0 N–H and O–H groups in total. The van der Waals surface area contributed by atoms with Gasteiger partial charge in [0.15, 0.2) is 23.9 Å². The van der Waals surface area contributed by atoms with E-state index >= 15 is 0 Å². The predicted octanol–water partition coefficient (Wildman–Crippen LogP) is 2.83. The van der Waals surface area contributed by atoms with Crippen molar-refractivity contribution in [2.24, 2.45) is 7.05 Å². The van der Waals surface area contributed by atoms with Gasteiger partial charge in [-0.1, -0.05) is 12.1 Å². The molecule has 0 fully saturated rings. The largest absolute Gasteiger partial charge is 0.493 e. The summed E-state index contributed by atoms with van der Waals surface area (Å²) in [5.74, 6) is 1.52. The number of aromatic nitrogens is 1. The van der Waals surface area contributed by atoms with Crippen LogP contribution in [0.2, 0.25) is 0 Å². The van der Waals surface area contributed by atoms with Crippen LogP contribution >= 0.6 is 0 Å². The number of methoxy groups -OCH3 is 2. The first-order valence-corrected chi connectivity index (χ1v) is 6.16. The summed E-state index contributed by atoms with van der Waals surface area (Å²) in [5, 5.41) is 4.75. The van der Waals surface area contributed by atoms with Crippen LogP contribution in [-0.4, -0.2) is 14.2 Å². The Kier molecular flexibility index (Phi) is 2.75. The molecule has 19 heavy (non-hydrogen) atoms. The zero-order valence-electron chi connectivity index (χ0n) is 11.3. The summed E-state index contributed by atoms with van der Waals surface area (Å²) < 4.78 is 12.8.